The van der Waals surface area contributed by atoms with Crippen LogP contribution in [-0.4, -0.2) is 31.1 Å². The van der Waals surface area contributed by atoms with E-state index in [1.54, 1.807) is 14.2 Å². The maximum absolute atomic E-state index is 13.3. The number of ether oxygens (including phenoxy) is 2. The number of benzene rings is 2. The van der Waals surface area contributed by atoms with E-state index in [1.807, 2.05) is 47.4 Å². The molecule has 2 saturated carbocycles. The van der Waals surface area contributed by atoms with Gasteiger partial charge in [0.1, 0.15) is 11.5 Å². The second-order valence-electron chi connectivity index (χ2n) is 7.35. The van der Waals surface area contributed by atoms with Crippen LogP contribution in [0.4, 0.5) is 0 Å². The van der Waals surface area contributed by atoms with Crippen LogP contribution in [0, 0.1) is 5.92 Å². The van der Waals surface area contributed by atoms with Crippen LogP contribution in [0.5, 0.6) is 11.5 Å². The maximum atomic E-state index is 13.3. The Balaban J connectivity index is 1.53. The van der Waals surface area contributed by atoms with E-state index in [1.165, 1.54) is 0 Å². The molecule has 5 heteroatoms. The van der Waals surface area contributed by atoms with Crippen molar-refractivity contribution in [3.05, 3.63) is 58.6 Å². The normalized spacial score (nSPS) is 20.9. The summed E-state index contributed by atoms with van der Waals surface area (Å²) < 4.78 is 10.8. The fourth-order valence-corrected chi connectivity index (χ4v) is 4.04. The van der Waals surface area contributed by atoms with Crippen molar-refractivity contribution >= 4 is 17.5 Å². The first-order chi connectivity index (χ1) is 13.1. The van der Waals surface area contributed by atoms with Crippen molar-refractivity contribution in [2.45, 2.75) is 37.8 Å². The molecule has 0 saturated heterocycles. The Labute approximate surface area is 165 Å². The molecular weight excluding hydrogens is 362 g/mol. The van der Waals surface area contributed by atoms with Crippen molar-refractivity contribution < 1.29 is 14.3 Å². The summed E-state index contributed by atoms with van der Waals surface area (Å²) in [6, 6.07) is 13.9. The molecule has 0 aromatic heterocycles. The Kier molecular flexibility index (Phi) is 5.00. The quantitative estimate of drug-likeness (QED) is 0.696. The van der Waals surface area contributed by atoms with Crippen LogP contribution in [0.2, 0.25) is 5.02 Å². The third-order valence-electron chi connectivity index (χ3n) is 5.51. The number of methoxy groups -OCH3 is 2. The molecule has 0 radical (unpaired) electrons. The Morgan fingerprint density at radius 2 is 1.93 bits per heavy atom. The van der Waals surface area contributed by atoms with Gasteiger partial charge in [0, 0.05) is 29.1 Å². The molecule has 2 atom stereocenters. The summed E-state index contributed by atoms with van der Waals surface area (Å²) in [5, 5.41) is 0.755. The summed E-state index contributed by atoms with van der Waals surface area (Å²) in [5.41, 5.74) is 2.07. The number of rotatable bonds is 7. The van der Waals surface area contributed by atoms with Crippen molar-refractivity contribution in [3.63, 3.8) is 0 Å². The van der Waals surface area contributed by atoms with Gasteiger partial charge in [-0.3, -0.25) is 4.79 Å². The number of hydrogen-bond acceptors (Lipinski definition) is 3. The lowest BCUT2D eigenvalue weighted by Gasteiger charge is -2.24. The van der Waals surface area contributed by atoms with Gasteiger partial charge in [-0.25, -0.2) is 0 Å². The number of amides is 1. The third kappa shape index (κ3) is 3.77. The van der Waals surface area contributed by atoms with E-state index < -0.39 is 0 Å². The van der Waals surface area contributed by atoms with Crippen LogP contribution in [0.3, 0.4) is 0 Å². The molecule has 4 rings (SSSR count). The van der Waals surface area contributed by atoms with Gasteiger partial charge in [-0.1, -0.05) is 29.8 Å². The highest BCUT2D eigenvalue weighted by Crippen LogP contribution is 2.51. The smallest absolute Gasteiger partial charge is 0.226 e. The molecule has 2 aliphatic carbocycles. The molecule has 0 spiro atoms. The first kappa shape index (κ1) is 18.2. The van der Waals surface area contributed by atoms with Crippen molar-refractivity contribution in [1.29, 1.82) is 0 Å². The largest absolute Gasteiger partial charge is 0.497 e. The van der Waals surface area contributed by atoms with E-state index in [0.29, 0.717) is 12.6 Å². The van der Waals surface area contributed by atoms with Crippen molar-refractivity contribution in [2.24, 2.45) is 5.92 Å². The number of carbonyl (C=O) groups excluding carboxylic acids is 1. The molecule has 1 amide bonds. The second-order valence-corrected chi connectivity index (χ2v) is 7.75. The molecule has 0 heterocycles. The van der Waals surface area contributed by atoms with Gasteiger partial charge >= 0.3 is 0 Å². The van der Waals surface area contributed by atoms with E-state index >= 15 is 0 Å². The zero-order valence-corrected chi connectivity index (χ0v) is 16.4. The molecule has 0 N–H and O–H groups in total. The molecule has 2 aromatic rings. The minimum atomic E-state index is 0.0297. The summed E-state index contributed by atoms with van der Waals surface area (Å²) in [4.78, 5) is 15.3. The summed E-state index contributed by atoms with van der Waals surface area (Å²) in [6.45, 7) is 0.551. The van der Waals surface area contributed by atoms with Crippen LogP contribution in [0.1, 0.15) is 36.3 Å². The summed E-state index contributed by atoms with van der Waals surface area (Å²) in [6.07, 6.45) is 3.02. The summed E-state index contributed by atoms with van der Waals surface area (Å²) in [5.74, 6) is 2.05. The SMILES string of the molecule is COc1ccc(OC)c(CN(C(=O)C2CC2c2ccccc2Cl)C2CC2)c1. The zero-order chi connectivity index (χ0) is 19.0. The molecule has 0 bridgehead atoms. The summed E-state index contributed by atoms with van der Waals surface area (Å²) in [7, 11) is 3.30. The Hall–Kier alpha value is -2.20. The minimum Gasteiger partial charge on any atom is -0.497 e. The maximum Gasteiger partial charge on any atom is 0.226 e. The first-order valence-electron chi connectivity index (χ1n) is 9.38. The topological polar surface area (TPSA) is 38.8 Å². The highest BCUT2D eigenvalue weighted by atomic mass is 35.5. The molecule has 2 aliphatic rings. The molecule has 0 aliphatic heterocycles. The molecule has 27 heavy (non-hydrogen) atoms. The predicted molar refractivity (Wildman–Crippen MR) is 105 cm³/mol. The molecule has 142 valence electrons. The monoisotopic (exact) mass is 385 g/mol. The molecule has 2 unspecified atom stereocenters. The van der Waals surface area contributed by atoms with Gasteiger partial charge in [0.25, 0.3) is 0 Å². The van der Waals surface area contributed by atoms with E-state index in [9.17, 15) is 4.79 Å². The fourth-order valence-electron chi connectivity index (χ4n) is 3.76. The van der Waals surface area contributed by atoms with Crippen LogP contribution in [-0.2, 0) is 11.3 Å². The Morgan fingerprint density at radius 1 is 1.15 bits per heavy atom. The first-order valence-corrected chi connectivity index (χ1v) is 9.76. The van der Waals surface area contributed by atoms with Crippen molar-refractivity contribution in [2.75, 3.05) is 14.2 Å². The van der Waals surface area contributed by atoms with E-state index in [2.05, 4.69) is 0 Å². The average Bonchev–Trinajstić information content (AvgIpc) is 3.59. The Bertz CT molecular complexity index is 849. The van der Waals surface area contributed by atoms with Crippen LogP contribution in [0.25, 0.3) is 0 Å². The lowest BCUT2D eigenvalue weighted by Crippen LogP contribution is -2.34. The van der Waals surface area contributed by atoms with Crippen molar-refractivity contribution in [1.82, 2.24) is 4.90 Å². The van der Waals surface area contributed by atoms with Gasteiger partial charge in [0.05, 0.1) is 14.2 Å². The van der Waals surface area contributed by atoms with Crippen LogP contribution < -0.4 is 9.47 Å². The average molecular weight is 386 g/mol. The van der Waals surface area contributed by atoms with Gasteiger partial charge in [-0.15, -0.1) is 0 Å². The Morgan fingerprint density at radius 3 is 2.59 bits per heavy atom. The fraction of sp³-hybridized carbons (Fsp3) is 0.409. The molecule has 2 fully saturated rings. The second kappa shape index (κ2) is 7.43. The van der Waals surface area contributed by atoms with Gasteiger partial charge in [-0.2, -0.15) is 0 Å². The van der Waals surface area contributed by atoms with Gasteiger partial charge in [-0.05, 0) is 55.0 Å². The van der Waals surface area contributed by atoms with Gasteiger partial charge in [0.2, 0.25) is 5.91 Å². The van der Waals surface area contributed by atoms with Crippen molar-refractivity contribution in [3.8, 4) is 11.5 Å². The zero-order valence-electron chi connectivity index (χ0n) is 15.7. The van der Waals surface area contributed by atoms with Crippen LogP contribution in [0.15, 0.2) is 42.5 Å². The molecular formula is C22H24ClNO3. The number of nitrogens with zero attached hydrogens (tertiary/aromatic N) is 1. The molecule has 2 aromatic carbocycles. The predicted octanol–water partition coefficient (Wildman–Crippen LogP) is 4.65. The minimum absolute atomic E-state index is 0.0297. The van der Waals surface area contributed by atoms with Gasteiger partial charge in [0.15, 0.2) is 0 Å². The van der Waals surface area contributed by atoms with E-state index in [4.69, 9.17) is 21.1 Å². The van der Waals surface area contributed by atoms with Crippen LogP contribution >= 0.6 is 11.6 Å². The number of carbonyl (C=O) groups is 1. The summed E-state index contributed by atoms with van der Waals surface area (Å²) >= 11 is 6.33. The lowest BCUT2D eigenvalue weighted by molar-refractivity contribution is -0.133. The highest BCUT2D eigenvalue weighted by molar-refractivity contribution is 6.31. The number of hydrogen-bond donors (Lipinski definition) is 0. The lowest BCUT2D eigenvalue weighted by atomic mass is 10.1. The van der Waals surface area contributed by atoms with Gasteiger partial charge < -0.3 is 14.4 Å². The van der Waals surface area contributed by atoms with E-state index in [-0.39, 0.29) is 17.7 Å². The highest BCUT2D eigenvalue weighted by Gasteiger charge is 2.48. The standard InChI is InChI=1S/C22H24ClNO3/c1-26-16-9-10-21(27-2)14(11-16)13-24(15-7-8-15)22(25)19-12-18(19)17-5-3-4-6-20(17)23/h3-6,9-11,15,18-19H,7-8,12-13H2,1-2H3. The number of halogens is 1. The van der Waals surface area contributed by atoms with E-state index in [0.717, 1.165) is 46.9 Å². The molecule has 4 nitrogen and oxygen atoms in total. The third-order valence-corrected chi connectivity index (χ3v) is 5.86.